The third-order valence-corrected chi connectivity index (χ3v) is 4.62. The molecule has 3 nitrogen and oxygen atoms in total. The summed E-state index contributed by atoms with van der Waals surface area (Å²) in [5.41, 5.74) is 0.986. The standard InChI is InChI=1S/C11H13ClO3S/c1-2-15-9-5-3-4-8(6-9)10-7-11(10)16(12,13)14/h3-6,10-11H,2,7H2,1H3. The van der Waals surface area contributed by atoms with Gasteiger partial charge in [0.05, 0.1) is 11.9 Å². The highest BCUT2D eigenvalue weighted by Gasteiger charge is 2.47. The highest BCUT2D eigenvalue weighted by atomic mass is 35.7. The zero-order valence-corrected chi connectivity index (χ0v) is 10.5. The molecule has 0 spiro atoms. The Morgan fingerprint density at radius 1 is 1.50 bits per heavy atom. The van der Waals surface area contributed by atoms with E-state index in [-0.39, 0.29) is 5.92 Å². The first-order valence-electron chi connectivity index (χ1n) is 5.18. The van der Waals surface area contributed by atoms with Crippen LogP contribution in [0.15, 0.2) is 24.3 Å². The van der Waals surface area contributed by atoms with Gasteiger partial charge in [-0.15, -0.1) is 0 Å². The molecule has 1 aliphatic carbocycles. The molecule has 0 bridgehead atoms. The van der Waals surface area contributed by atoms with Gasteiger partial charge < -0.3 is 4.74 Å². The molecule has 1 aromatic rings. The zero-order valence-electron chi connectivity index (χ0n) is 8.89. The van der Waals surface area contributed by atoms with Crippen LogP contribution in [0.2, 0.25) is 0 Å². The summed E-state index contributed by atoms with van der Waals surface area (Å²) in [4.78, 5) is 0. The lowest BCUT2D eigenvalue weighted by Gasteiger charge is -2.05. The van der Waals surface area contributed by atoms with E-state index in [1.54, 1.807) is 0 Å². The van der Waals surface area contributed by atoms with E-state index >= 15 is 0 Å². The molecule has 0 radical (unpaired) electrons. The van der Waals surface area contributed by atoms with Crippen molar-refractivity contribution in [1.82, 2.24) is 0 Å². The van der Waals surface area contributed by atoms with Crippen molar-refractivity contribution in [1.29, 1.82) is 0 Å². The number of halogens is 1. The molecule has 88 valence electrons. The van der Waals surface area contributed by atoms with Crippen molar-refractivity contribution in [2.45, 2.75) is 24.5 Å². The maximum atomic E-state index is 11.1. The topological polar surface area (TPSA) is 43.4 Å². The van der Waals surface area contributed by atoms with Gasteiger partial charge in [-0.25, -0.2) is 8.42 Å². The fourth-order valence-corrected chi connectivity index (χ4v) is 3.41. The van der Waals surface area contributed by atoms with Gasteiger partial charge in [0.25, 0.3) is 0 Å². The quantitative estimate of drug-likeness (QED) is 0.782. The van der Waals surface area contributed by atoms with Gasteiger partial charge in [-0.2, -0.15) is 0 Å². The Hall–Kier alpha value is -0.740. The van der Waals surface area contributed by atoms with Crippen molar-refractivity contribution in [3.05, 3.63) is 29.8 Å². The van der Waals surface area contributed by atoms with Gasteiger partial charge in [0.1, 0.15) is 5.75 Å². The first-order chi connectivity index (χ1) is 7.52. The van der Waals surface area contributed by atoms with E-state index in [1.807, 2.05) is 31.2 Å². The molecule has 0 heterocycles. The largest absolute Gasteiger partial charge is 0.494 e. The molecule has 0 aromatic heterocycles. The number of benzene rings is 1. The van der Waals surface area contributed by atoms with Gasteiger partial charge in [-0.05, 0) is 31.0 Å². The van der Waals surface area contributed by atoms with Crippen LogP contribution < -0.4 is 4.74 Å². The van der Waals surface area contributed by atoms with E-state index in [0.717, 1.165) is 11.3 Å². The SMILES string of the molecule is CCOc1cccc(C2CC2S(=O)(=O)Cl)c1. The predicted molar refractivity (Wildman–Crippen MR) is 63.5 cm³/mol. The van der Waals surface area contributed by atoms with Crippen molar-refractivity contribution in [2.24, 2.45) is 0 Å². The van der Waals surface area contributed by atoms with Crippen LogP contribution in [-0.4, -0.2) is 20.3 Å². The fourth-order valence-electron chi connectivity index (χ4n) is 1.84. The number of rotatable bonds is 4. The Morgan fingerprint density at radius 2 is 2.25 bits per heavy atom. The second-order valence-corrected chi connectivity index (χ2v) is 6.71. The molecule has 1 saturated carbocycles. The molecular formula is C11H13ClO3S. The summed E-state index contributed by atoms with van der Waals surface area (Å²) in [5, 5.41) is -0.425. The summed E-state index contributed by atoms with van der Waals surface area (Å²) in [6.45, 7) is 2.52. The molecule has 5 heteroatoms. The summed E-state index contributed by atoms with van der Waals surface area (Å²) in [6.07, 6.45) is 0.613. The molecular weight excluding hydrogens is 248 g/mol. The van der Waals surface area contributed by atoms with Crippen LogP contribution >= 0.6 is 10.7 Å². The molecule has 0 amide bonds. The lowest BCUT2D eigenvalue weighted by atomic mass is 10.1. The van der Waals surface area contributed by atoms with Crippen LogP contribution in [0.4, 0.5) is 0 Å². The Kier molecular flexibility index (Phi) is 3.13. The highest BCUT2D eigenvalue weighted by Crippen LogP contribution is 2.47. The average Bonchev–Trinajstić information content (AvgIpc) is 2.97. The Bertz CT molecular complexity index is 484. The highest BCUT2D eigenvalue weighted by molar-refractivity contribution is 8.14. The smallest absolute Gasteiger partial charge is 0.236 e. The van der Waals surface area contributed by atoms with Crippen LogP contribution in [0.25, 0.3) is 0 Å². The van der Waals surface area contributed by atoms with Crippen molar-refractivity contribution < 1.29 is 13.2 Å². The van der Waals surface area contributed by atoms with Crippen LogP contribution in [0.1, 0.15) is 24.8 Å². The fraction of sp³-hybridized carbons (Fsp3) is 0.455. The predicted octanol–water partition coefficient (Wildman–Crippen LogP) is 2.51. The minimum Gasteiger partial charge on any atom is -0.494 e. The average molecular weight is 261 g/mol. The van der Waals surface area contributed by atoms with Crippen LogP contribution in [0.3, 0.4) is 0 Å². The van der Waals surface area contributed by atoms with Gasteiger partial charge in [0.15, 0.2) is 0 Å². The Balaban J connectivity index is 2.15. The van der Waals surface area contributed by atoms with Crippen molar-refractivity contribution >= 4 is 19.7 Å². The van der Waals surface area contributed by atoms with E-state index in [2.05, 4.69) is 0 Å². The molecule has 1 aromatic carbocycles. The summed E-state index contributed by atoms with van der Waals surface area (Å²) in [7, 11) is 1.90. The van der Waals surface area contributed by atoms with Crippen LogP contribution in [0, 0.1) is 0 Å². The second-order valence-electron chi connectivity index (χ2n) is 3.86. The lowest BCUT2D eigenvalue weighted by Crippen LogP contribution is -1.99. The zero-order chi connectivity index (χ0) is 11.8. The molecule has 0 aliphatic heterocycles. The lowest BCUT2D eigenvalue weighted by molar-refractivity contribution is 0.340. The van der Waals surface area contributed by atoms with Crippen molar-refractivity contribution in [3.8, 4) is 5.75 Å². The first-order valence-corrected chi connectivity index (χ1v) is 7.56. The van der Waals surface area contributed by atoms with E-state index in [9.17, 15) is 8.42 Å². The Morgan fingerprint density at radius 3 is 2.81 bits per heavy atom. The number of hydrogen-bond donors (Lipinski definition) is 0. The molecule has 2 atom stereocenters. The van der Waals surface area contributed by atoms with E-state index in [0.29, 0.717) is 13.0 Å². The van der Waals surface area contributed by atoms with Crippen LogP contribution in [-0.2, 0) is 9.05 Å². The summed E-state index contributed by atoms with van der Waals surface area (Å²) < 4.78 is 27.6. The van der Waals surface area contributed by atoms with Gasteiger partial charge in [-0.1, -0.05) is 12.1 Å². The van der Waals surface area contributed by atoms with E-state index < -0.39 is 14.3 Å². The van der Waals surface area contributed by atoms with Gasteiger partial charge in [0.2, 0.25) is 9.05 Å². The third kappa shape index (κ3) is 2.50. The maximum absolute atomic E-state index is 11.1. The molecule has 0 N–H and O–H groups in total. The molecule has 0 saturated heterocycles. The van der Waals surface area contributed by atoms with Gasteiger partial charge in [0, 0.05) is 16.6 Å². The molecule has 1 fully saturated rings. The summed E-state index contributed by atoms with van der Waals surface area (Å²) >= 11 is 0. The van der Waals surface area contributed by atoms with Crippen molar-refractivity contribution in [3.63, 3.8) is 0 Å². The molecule has 1 aliphatic rings. The monoisotopic (exact) mass is 260 g/mol. The molecule has 16 heavy (non-hydrogen) atoms. The number of hydrogen-bond acceptors (Lipinski definition) is 3. The van der Waals surface area contributed by atoms with E-state index in [4.69, 9.17) is 15.4 Å². The minimum absolute atomic E-state index is 0.0305. The summed E-state index contributed by atoms with van der Waals surface area (Å²) in [5.74, 6) is 0.806. The third-order valence-electron chi connectivity index (χ3n) is 2.69. The number of ether oxygens (including phenoxy) is 1. The first kappa shape index (κ1) is 11.7. The van der Waals surface area contributed by atoms with Gasteiger partial charge >= 0.3 is 0 Å². The van der Waals surface area contributed by atoms with Crippen molar-refractivity contribution in [2.75, 3.05) is 6.61 Å². The second kappa shape index (κ2) is 4.26. The normalized spacial score (nSPS) is 24.1. The van der Waals surface area contributed by atoms with E-state index in [1.165, 1.54) is 0 Å². The molecule has 2 rings (SSSR count). The Labute approximate surface area is 99.8 Å². The van der Waals surface area contributed by atoms with Gasteiger partial charge in [-0.3, -0.25) is 0 Å². The summed E-state index contributed by atoms with van der Waals surface area (Å²) in [6, 6.07) is 7.53. The molecule has 2 unspecified atom stereocenters. The van der Waals surface area contributed by atoms with Crippen LogP contribution in [0.5, 0.6) is 5.75 Å². The maximum Gasteiger partial charge on any atom is 0.236 e. The minimum atomic E-state index is -3.42.